The fraction of sp³-hybridized carbons (Fsp3) is 0. The van der Waals surface area contributed by atoms with Gasteiger partial charge in [-0.2, -0.15) is 5.26 Å². The first-order valence-corrected chi connectivity index (χ1v) is 4.44. The molecule has 4 nitrogen and oxygen atoms in total. The average Bonchev–Trinajstić information content (AvgIpc) is 2.18. The van der Waals surface area contributed by atoms with Gasteiger partial charge in [-0.1, -0.05) is 0 Å². The van der Waals surface area contributed by atoms with E-state index in [1.54, 1.807) is 18.2 Å². The van der Waals surface area contributed by atoms with E-state index in [-0.39, 0.29) is 5.69 Å². The number of non-ortho nitro benzene ring substituents is 1. The minimum Gasteiger partial charge on any atom is -0.258 e. The van der Waals surface area contributed by atoms with Crippen molar-refractivity contribution in [3.63, 3.8) is 0 Å². The second kappa shape index (κ2) is 4.53. The number of allylic oxidation sites excluding steroid dienone is 1. The van der Waals surface area contributed by atoms with Crippen LogP contribution in [0.3, 0.4) is 0 Å². The Morgan fingerprint density at radius 1 is 1.50 bits per heavy atom. The molecule has 0 atom stereocenters. The summed E-state index contributed by atoms with van der Waals surface area (Å²) in [5.74, 6) is 0. The maximum atomic E-state index is 10.3. The number of nitro groups is 1. The molecule has 0 bridgehead atoms. The number of halogens is 1. The highest BCUT2D eigenvalue weighted by Gasteiger charge is 2.02. The highest BCUT2D eigenvalue weighted by atomic mass is 79.9. The molecule has 70 valence electrons. The molecule has 0 aliphatic rings. The van der Waals surface area contributed by atoms with E-state index in [0.717, 1.165) is 5.56 Å². The van der Waals surface area contributed by atoms with Crippen molar-refractivity contribution >= 4 is 27.7 Å². The van der Waals surface area contributed by atoms with Crippen molar-refractivity contribution in [3.8, 4) is 6.07 Å². The maximum absolute atomic E-state index is 10.3. The second-order valence-electron chi connectivity index (χ2n) is 2.45. The van der Waals surface area contributed by atoms with E-state index in [1.165, 1.54) is 12.1 Å². The minimum atomic E-state index is -0.465. The first kappa shape index (κ1) is 10.4. The molecule has 0 heterocycles. The van der Waals surface area contributed by atoms with Crippen LogP contribution in [0.5, 0.6) is 0 Å². The summed E-state index contributed by atoms with van der Waals surface area (Å²) >= 11 is 3.03. The van der Waals surface area contributed by atoms with Gasteiger partial charge in [-0.3, -0.25) is 10.1 Å². The molecule has 0 aromatic heterocycles. The molecule has 0 unspecified atom stereocenters. The zero-order valence-electron chi connectivity index (χ0n) is 6.98. The summed E-state index contributed by atoms with van der Waals surface area (Å²) in [6.07, 6.45) is 1.59. The third-order valence-corrected chi connectivity index (χ3v) is 1.91. The molecule has 0 amide bonds. The summed E-state index contributed by atoms with van der Waals surface area (Å²) < 4.78 is 0.381. The molecule has 1 rings (SSSR count). The van der Waals surface area contributed by atoms with E-state index in [1.807, 2.05) is 6.07 Å². The fourth-order valence-corrected chi connectivity index (χ4v) is 1.14. The number of nitrogens with zero attached hydrogens (tertiary/aromatic N) is 2. The summed E-state index contributed by atoms with van der Waals surface area (Å²) in [5.41, 5.74) is 0.777. The minimum absolute atomic E-state index is 0.0373. The van der Waals surface area contributed by atoms with Gasteiger partial charge in [0.15, 0.2) is 0 Å². The van der Waals surface area contributed by atoms with E-state index >= 15 is 0 Å². The zero-order chi connectivity index (χ0) is 10.6. The second-order valence-corrected chi connectivity index (χ2v) is 3.31. The summed E-state index contributed by atoms with van der Waals surface area (Å²) in [6, 6.07) is 7.84. The van der Waals surface area contributed by atoms with Crippen molar-refractivity contribution in [2.45, 2.75) is 0 Å². The summed E-state index contributed by atoms with van der Waals surface area (Å²) in [4.78, 5) is 9.85. The number of nitro benzene ring substituents is 1. The molecule has 0 N–H and O–H groups in total. The van der Waals surface area contributed by atoms with Crippen molar-refractivity contribution in [2.75, 3.05) is 0 Å². The molecule has 0 saturated carbocycles. The highest BCUT2D eigenvalue weighted by Crippen LogP contribution is 2.15. The average molecular weight is 253 g/mol. The number of benzene rings is 1. The summed E-state index contributed by atoms with van der Waals surface area (Å²) in [6.45, 7) is 0. The third-order valence-electron chi connectivity index (χ3n) is 1.50. The predicted octanol–water partition coefficient (Wildman–Crippen LogP) is 2.85. The lowest BCUT2D eigenvalue weighted by molar-refractivity contribution is -0.384. The maximum Gasteiger partial charge on any atom is 0.269 e. The normalized spacial score (nSPS) is 10.7. The molecule has 0 spiro atoms. The van der Waals surface area contributed by atoms with Gasteiger partial charge in [0.2, 0.25) is 0 Å². The molecule has 0 aliphatic carbocycles. The van der Waals surface area contributed by atoms with Crippen LogP contribution in [0.1, 0.15) is 5.56 Å². The molecular weight excluding hydrogens is 248 g/mol. The van der Waals surface area contributed by atoms with Crippen molar-refractivity contribution < 1.29 is 4.92 Å². The fourth-order valence-electron chi connectivity index (χ4n) is 0.871. The lowest BCUT2D eigenvalue weighted by atomic mass is 10.2. The molecule has 1 aromatic carbocycles. The molecule has 1 aromatic rings. The molecule has 0 fully saturated rings. The van der Waals surface area contributed by atoms with E-state index < -0.39 is 4.92 Å². The van der Waals surface area contributed by atoms with Crippen LogP contribution in [-0.4, -0.2) is 4.92 Å². The van der Waals surface area contributed by atoms with Crippen LogP contribution in [0.4, 0.5) is 5.69 Å². The number of nitriles is 1. The van der Waals surface area contributed by atoms with E-state index in [4.69, 9.17) is 5.26 Å². The van der Waals surface area contributed by atoms with Gasteiger partial charge in [0.25, 0.3) is 5.69 Å². The lowest BCUT2D eigenvalue weighted by Gasteiger charge is -1.93. The van der Waals surface area contributed by atoms with E-state index in [0.29, 0.717) is 4.48 Å². The topological polar surface area (TPSA) is 66.9 Å². The monoisotopic (exact) mass is 252 g/mol. The third kappa shape index (κ3) is 2.68. The van der Waals surface area contributed by atoms with Crippen LogP contribution < -0.4 is 0 Å². The van der Waals surface area contributed by atoms with Crippen LogP contribution in [0.15, 0.2) is 28.7 Å². The molecule has 14 heavy (non-hydrogen) atoms. The molecular formula is C9H5BrN2O2. The van der Waals surface area contributed by atoms with Crippen molar-refractivity contribution in [2.24, 2.45) is 0 Å². The Morgan fingerprint density at radius 2 is 2.07 bits per heavy atom. The quantitative estimate of drug-likeness (QED) is 0.462. The van der Waals surface area contributed by atoms with Crippen LogP contribution in [-0.2, 0) is 0 Å². The van der Waals surface area contributed by atoms with Gasteiger partial charge in [-0.05, 0) is 39.7 Å². The first-order valence-electron chi connectivity index (χ1n) is 3.65. The van der Waals surface area contributed by atoms with Crippen LogP contribution >= 0.6 is 15.9 Å². The van der Waals surface area contributed by atoms with E-state index in [2.05, 4.69) is 15.9 Å². The Balaban J connectivity index is 2.96. The summed E-state index contributed by atoms with van der Waals surface area (Å²) in [7, 11) is 0. The van der Waals surface area contributed by atoms with Gasteiger partial charge >= 0.3 is 0 Å². The van der Waals surface area contributed by atoms with Crippen LogP contribution in [0.25, 0.3) is 6.08 Å². The van der Waals surface area contributed by atoms with Crippen molar-refractivity contribution in [1.29, 1.82) is 5.26 Å². The molecule has 0 aliphatic heterocycles. The largest absolute Gasteiger partial charge is 0.269 e. The predicted molar refractivity (Wildman–Crippen MR) is 55.6 cm³/mol. The van der Waals surface area contributed by atoms with Gasteiger partial charge in [0, 0.05) is 12.1 Å². The zero-order valence-corrected chi connectivity index (χ0v) is 8.56. The smallest absolute Gasteiger partial charge is 0.258 e. The van der Waals surface area contributed by atoms with E-state index in [9.17, 15) is 10.1 Å². The molecule has 0 saturated heterocycles. The van der Waals surface area contributed by atoms with Crippen LogP contribution in [0, 0.1) is 21.4 Å². The number of rotatable bonds is 2. The highest BCUT2D eigenvalue weighted by molar-refractivity contribution is 9.12. The molecule has 5 heteroatoms. The number of hydrogen-bond donors (Lipinski definition) is 0. The number of hydrogen-bond acceptors (Lipinski definition) is 3. The van der Waals surface area contributed by atoms with Gasteiger partial charge in [-0.25, -0.2) is 0 Å². The Labute approximate surface area is 88.7 Å². The SMILES string of the molecule is N#C/C(Br)=C/c1ccc([N+](=O)[O-])cc1. The Hall–Kier alpha value is -1.67. The standard InChI is InChI=1S/C9H5BrN2O2/c10-8(6-11)5-7-1-3-9(4-2-7)12(13)14/h1-5H/b8-5-. The Bertz CT molecular complexity index is 417. The van der Waals surface area contributed by atoms with Gasteiger partial charge in [-0.15, -0.1) is 0 Å². The summed E-state index contributed by atoms with van der Waals surface area (Å²) in [5, 5.41) is 18.8. The first-order chi connectivity index (χ1) is 6.63. The van der Waals surface area contributed by atoms with Gasteiger partial charge in [0.05, 0.1) is 9.41 Å². The van der Waals surface area contributed by atoms with Gasteiger partial charge in [0.1, 0.15) is 6.07 Å². The lowest BCUT2D eigenvalue weighted by Crippen LogP contribution is -1.86. The van der Waals surface area contributed by atoms with Gasteiger partial charge < -0.3 is 0 Å². The Morgan fingerprint density at radius 3 is 2.50 bits per heavy atom. The molecule has 0 radical (unpaired) electrons. The Kier molecular flexibility index (Phi) is 3.37. The van der Waals surface area contributed by atoms with Crippen molar-refractivity contribution in [3.05, 3.63) is 44.4 Å². The van der Waals surface area contributed by atoms with Crippen LogP contribution in [0.2, 0.25) is 0 Å². The van der Waals surface area contributed by atoms with Crippen molar-refractivity contribution in [1.82, 2.24) is 0 Å².